The van der Waals surface area contributed by atoms with E-state index in [9.17, 15) is 0 Å². The number of aliphatic imine (C=N–C) groups is 1. The highest BCUT2D eigenvalue weighted by molar-refractivity contribution is 14.0. The summed E-state index contributed by atoms with van der Waals surface area (Å²) < 4.78 is 1.15. The highest BCUT2D eigenvalue weighted by Gasteiger charge is 2.07. The smallest absolute Gasteiger partial charge is 0.191 e. The molecular formula is C14H18BrIN4. The number of fused-ring (bicyclic) bond motifs is 1. The summed E-state index contributed by atoms with van der Waals surface area (Å²) in [6, 6.07) is 6.23. The molecule has 2 aromatic rings. The van der Waals surface area contributed by atoms with Crippen LogP contribution in [0.25, 0.3) is 10.9 Å². The number of guanidine groups is 1. The molecule has 0 spiro atoms. The number of hydrogen-bond acceptors (Lipinski definition) is 3. The molecule has 6 heteroatoms. The molecule has 0 saturated heterocycles. The topological polar surface area (TPSA) is 52.2 Å². The maximum Gasteiger partial charge on any atom is 0.191 e. The van der Waals surface area contributed by atoms with Crippen LogP contribution >= 0.6 is 39.9 Å². The fourth-order valence-corrected chi connectivity index (χ4v) is 2.99. The Hall–Kier alpha value is -0.760. The van der Waals surface area contributed by atoms with Gasteiger partial charge >= 0.3 is 0 Å². The van der Waals surface area contributed by atoms with Crippen LogP contribution in [-0.2, 0) is 6.42 Å². The van der Waals surface area contributed by atoms with Crippen LogP contribution in [0, 0.1) is 0 Å². The Morgan fingerprint density at radius 2 is 2.25 bits per heavy atom. The van der Waals surface area contributed by atoms with E-state index in [1.807, 2.05) is 6.07 Å². The minimum atomic E-state index is 0. The SMILES string of the molecule is Brc1cccc2[nH]cc(CCNC3=NCCCN3)c12.I. The lowest BCUT2D eigenvalue weighted by Gasteiger charge is -2.15. The molecule has 0 unspecified atom stereocenters. The van der Waals surface area contributed by atoms with E-state index in [0.29, 0.717) is 0 Å². The van der Waals surface area contributed by atoms with Crippen molar-refractivity contribution in [3.05, 3.63) is 34.4 Å². The van der Waals surface area contributed by atoms with Crippen LogP contribution in [0.4, 0.5) is 0 Å². The molecule has 1 aromatic heterocycles. The molecule has 0 radical (unpaired) electrons. The Morgan fingerprint density at radius 1 is 1.35 bits per heavy atom. The summed E-state index contributed by atoms with van der Waals surface area (Å²) in [4.78, 5) is 7.72. The first-order chi connectivity index (χ1) is 9.34. The number of H-pyrrole nitrogens is 1. The molecule has 1 aromatic carbocycles. The van der Waals surface area contributed by atoms with Crippen molar-refractivity contribution in [2.75, 3.05) is 19.6 Å². The predicted octanol–water partition coefficient (Wildman–Crippen LogP) is 3.03. The van der Waals surface area contributed by atoms with E-state index < -0.39 is 0 Å². The molecule has 0 amide bonds. The summed E-state index contributed by atoms with van der Waals surface area (Å²) >= 11 is 3.62. The van der Waals surface area contributed by atoms with Crippen molar-refractivity contribution in [3.8, 4) is 0 Å². The van der Waals surface area contributed by atoms with Gasteiger partial charge in [-0.05, 0) is 30.5 Å². The summed E-state index contributed by atoms with van der Waals surface area (Å²) in [6.07, 6.45) is 4.19. The monoisotopic (exact) mass is 448 g/mol. The quantitative estimate of drug-likeness (QED) is 0.632. The van der Waals surface area contributed by atoms with Gasteiger partial charge in [-0.2, -0.15) is 0 Å². The maximum atomic E-state index is 4.41. The Balaban J connectivity index is 0.00000147. The minimum absolute atomic E-state index is 0. The molecule has 0 saturated carbocycles. The zero-order chi connectivity index (χ0) is 13.1. The van der Waals surface area contributed by atoms with E-state index in [2.05, 4.69) is 54.9 Å². The average molecular weight is 449 g/mol. The first kappa shape index (κ1) is 15.6. The number of nitrogens with zero attached hydrogens (tertiary/aromatic N) is 1. The van der Waals surface area contributed by atoms with Gasteiger partial charge in [0.1, 0.15) is 0 Å². The number of aromatic nitrogens is 1. The van der Waals surface area contributed by atoms with Crippen LogP contribution < -0.4 is 10.6 Å². The van der Waals surface area contributed by atoms with Crippen LogP contribution in [0.5, 0.6) is 0 Å². The molecule has 4 nitrogen and oxygen atoms in total. The van der Waals surface area contributed by atoms with Gasteiger partial charge in [-0.1, -0.05) is 22.0 Å². The molecule has 3 N–H and O–H groups in total. The van der Waals surface area contributed by atoms with E-state index in [0.717, 1.165) is 42.9 Å². The van der Waals surface area contributed by atoms with E-state index >= 15 is 0 Å². The van der Waals surface area contributed by atoms with Gasteiger partial charge in [0.25, 0.3) is 0 Å². The van der Waals surface area contributed by atoms with Crippen molar-refractivity contribution in [2.24, 2.45) is 4.99 Å². The van der Waals surface area contributed by atoms with Gasteiger partial charge in [0.05, 0.1) is 0 Å². The summed E-state index contributed by atoms with van der Waals surface area (Å²) in [5.74, 6) is 0.935. The zero-order valence-corrected chi connectivity index (χ0v) is 15.0. The van der Waals surface area contributed by atoms with E-state index in [-0.39, 0.29) is 24.0 Å². The van der Waals surface area contributed by atoms with Gasteiger partial charge in [-0.15, -0.1) is 24.0 Å². The second kappa shape index (κ2) is 7.31. The fourth-order valence-electron chi connectivity index (χ4n) is 2.37. The first-order valence-electron chi connectivity index (χ1n) is 6.61. The first-order valence-corrected chi connectivity index (χ1v) is 7.40. The van der Waals surface area contributed by atoms with Gasteiger partial charge in [0, 0.05) is 41.2 Å². The third-order valence-corrected chi connectivity index (χ3v) is 3.98. The Labute approximate surface area is 144 Å². The minimum Gasteiger partial charge on any atom is -0.361 e. The van der Waals surface area contributed by atoms with Crippen molar-refractivity contribution < 1.29 is 0 Å². The number of halogens is 2. The van der Waals surface area contributed by atoms with Crippen LogP contribution in [0.2, 0.25) is 0 Å². The van der Waals surface area contributed by atoms with Crippen molar-refractivity contribution in [1.29, 1.82) is 0 Å². The van der Waals surface area contributed by atoms with Crippen molar-refractivity contribution in [1.82, 2.24) is 15.6 Å². The predicted molar refractivity (Wildman–Crippen MR) is 98.0 cm³/mol. The summed E-state index contributed by atoms with van der Waals surface area (Å²) in [7, 11) is 0. The Morgan fingerprint density at radius 3 is 3.05 bits per heavy atom. The third-order valence-electron chi connectivity index (χ3n) is 3.32. The number of rotatable bonds is 3. The Bertz CT molecular complexity index is 608. The standard InChI is InChI=1S/C14H17BrN4.HI/c15-11-3-1-4-12-13(11)10(9-19-12)5-8-18-14-16-6-2-7-17-14;/h1,3-4,9,19H,2,5-8H2,(H2,16,17,18);1H. The average Bonchev–Trinajstić information content (AvgIpc) is 2.85. The molecular weight excluding hydrogens is 431 g/mol. The molecule has 108 valence electrons. The van der Waals surface area contributed by atoms with Gasteiger partial charge in [0.15, 0.2) is 5.96 Å². The summed E-state index contributed by atoms with van der Waals surface area (Å²) in [5, 5.41) is 7.90. The van der Waals surface area contributed by atoms with Crippen molar-refractivity contribution in [3.63, 3.8) is 0 Å². The van der Waals surface area contributed by atoms with Crippen molar-refractivity contribution in [2.45, 2.75) is 12.8 Å². The molecule has 20 heavy (non-hydrogen) atoms. The molecule has 3 rings (SSSR count). The largest absolute Gasteiger partial charge is 0.361 e. The molecule has 0 bridgehead atoms. The highest BCUT2D eigenvalue weighted by Crippen LogP contribution is 2.26. The summed E-state index contributed by atoms with van der Waals surface area (Å²) in [5.41, 5.74) is 2.50. The maximum absolute atomic E-state index is 4.41. The lowest BCUT2D eigenvalue weighted by atomic mass is 10.1. The third kappa shape index (κ3) is 3.46. The van der Waals surface area contributed by atoms with Gasteiger partial charge < -0.3 is 15.6 Å². The van der Waals surface area contributed by atoms with E-state index in [1.54, 1.807) is 0 Å². The highest BCUT2D eigenvalue weighted by atomic mass is 127. The second-order valence-corrected chi connectivity index (χ2v) is 5.52. The molecule has 1 aliphatic heterocycles. The molecule has 0 fully saturated rings. The molecule has 1 aliphatic rings. The summed E-state index contributed by atoms with van der Waals surface area (Å²) in [6.45, 7) is 2.83. The van der Waals surface area contributed by atoms with Gasteiger partial charge in [0.2, 0.25) is 0 Å². The van der Waals surface area contributed by atoms with Crippen LogP contribution in [0.15, 0.2) is 33.9 Å². The number of hydrogen-bond donors (Lipinski definition) is 3. The lowest BCUT2D eigenvalue weighted by Crippen LogP contribution is -2.41. The van der Waals surface area contributed by atoms with Crippen molar-refractivity contribution >= 4 is 56.8 Å². The van der Waals surface area contributed by atoms with Gasteiger partial charge in [-0.3, -0.25) is 4.99 Å². The van der Waals surface area contributed by atoms with E-state index in [4.69, 9.17) is 0 Å². The molecule has 0 aliphatic carbocycles. The number of aromatic amines is 1. The lowest BCUT2D eigenvalue weighted by molar-refractivity contribution is 0.700. The second-order valence-electron chi connectivity index (χ2n) is 4.66. The molecule has 0 atom stereocenters. The Kier molecular flexibility index (Phi) is 5.71. The fraction of sp³-hybridized carbons (Fsp3) is 0.357. The molecule has 2 heterocycles. The number of benzene rings is 1. The van der Waals surface area contributed by atoms with Crippen LogP contribution in [-0.4, -0.2) is 30.6 Å². The van der Waals surface area contributed by atoms with E-state index in [1.165, 1.54) is 16.5 Å². The van der Waals surface area contributed by atoms with Gasteiger partial charge in [-0.25, -0.2) is 0 Å². The van der Waals surface area contributed by atoms with Crippen LogP contribution in [0.1, 0.15) is 12.0 Å². The number of nitrogens with one attached hydrogen (secondary N) is 3. The normalized spacial score (nSPS) is 14.3. The zero-order valence-electron chi connectivity index (χ0n) is 11.1. The van der Waals surface area contributed by atoms with Crippen LogP contribution in [0.3, 0.4) is 0 Å².